The monoisotopic (exact) mass is 248 g/mol. The Hall–Kier alpha value is -0.430. The third kappa shape index (κ3) is 3.04. The van der Waals surface area contributed by atoms with Crippen LogP contribution in [0.3, 0.4) is 0 Å². The van der Waals surface area contributed by atoms with Crippen LogP contribution in [0.1, 0.15) is 0 Å². The first-order valence-electron chi connectivity index (χ1n) is 4.04. The van der Waals surface area contributed by atoms with Gasteiger partial charge in [0.15, 0.2) is 0 Å². The average molecular weight is 248 g/mol. The van der Waals surface area contributed by atoms with Crippen LogP contribution in [0.5, 0.6) is 0 Å². The second kappa shape index (κ2) is 5.77. The van der Waals surface area contributed by atoms with Gasteiger partial charge in [-0.25, -0.2) is 0 Å². The molecular formula is C10H11NNaO3S. The smallest absolute Gasteiger partial charge is 0.295 e. The molecule has 0 saturated heterocycles. The van der Waals surface area contributed by atoms with Crippen LogP contribution in [0.4, 0.5) is 0 Å². The van der Waals surface area contributed by atoms with Gasteiger partial charge < -0.3 is 6.15 Å². The Kier molecular flexibility index (Phi) is 5.61. The van der Waals surface area contributed by atoms with Crippen molar-refractivity contribution >= 4 is 50.4 Å². The van der Waals surface area contributed by atoms with E-state index in [2.05, 4.69) is 0 Å². The van der Waals surface area contributed by atoms with E-state index in [1.54, 1.807) is 30.3 Å². The summed E-state index contributed by atoms with van der Waals surface area (Å²) in [6.07, 6.45) is 0. The zero-order valence-corrected chi connectivity index (χ0v) is 11.7. The largest absolute Gasteiger partial charge is 0.344 e. The third-order valence-electron chi connectivity index (χ3n) is 2.03. The summed E-state index contributed by atoms with van der Waals surface area (Å²) in [5, 5.41) is 1.33. The average Bonchev–Trinajstić information content (AvgIpc) is 2.15. The van der Waals surface area contributed by atoms with Gasteiger partial charge in [0.05, 0.1) is 0 Å². The molecule has 0 fully saturated rings. The van der Waals surface area contributed by atoms with Crippen molar-refractivity contribution in [2.75, 3.05) is 0 Å². The molecule has 0 aromatic heterocycles. The Bertz CT molecular complexity index is 578. The fourth-order valence-electron chi connectivity index (χ4n) is 1.42. The third-order valence-corrected chi connectivity index (χ3v) is 2.94. The zero-order chi connectivity index (χ0) is 10.2. The Morgan fingerprint density at radius 3 is 2.12 bits per heavy atom. The SMILES string of the molecule is N.O=S(=O)(O)c1cccc2ccccc12.[Na]. The second-order valence-corrected chi connectivity index (χ2v) is 4.34. The van der Waals surface area contributed by atoms with Gasteiger partial charge in [0.25, 0.3) is 10.1 Å². The van der Waals surface area contributed by atoms with Gasteiger partial charge >= 0.3 is 0 Å². The van der Waals surface area contributed by atoms with E-state index in [9.17, 15) is 8.42 Å². The second-order valence-electron chi connectivity index (χ2n) is 2.95. The molecular weight excluding hydrogens is 237 g/mol. The van der Waals surface area contributed by atoms with Gasteiger partial charge in [-0.3, -0.25) is 4.55 Å². The number of benzene rings is 2. The summed E-state index contributed by atoms with van der Waals surface area (Å²) < 4.78 is 31.0. The molecule has 0 heterocycles. The molecule has 0 atom stereocenters. The minimum atomic E-state index is -4.13. The van der Waals surface area contributed by atoms with Crippen molar-refractivity contribution < 1.29 is 13.0 Å². The van der Waals surface area contributed by atoms with Crippen molar-refractivity contribution in [3.05, 3.63) is 42.5 Å². The summed E-state index contributed by atoms with van der Waals surface area (Å²) in [4.78, 5) is -0.0457. The molecule has 0 bridgehead atoms. The van der Waals surface area contributed by atoms with E-state index in [-0.39, 0.29) is 40.6 Å². The van der Waals surface area contributed by atoms with Gasteiger partial charge in [0.2, 0.25) is 0 Å². The minimum absolute atomic E-state index is 0. The van der Waals surface area contributed by atoms with Crippen molar-refractivity contribution in [1.82, 2.24) is 6.15 Å². The Labute approximate surface area is 116 Å². The first-order valence-corrected chi connectivity index (χ1v) is 5.48. The first kappa shape index (κ1) is 15.6. The summed E-state index contributed by atoms with van der Waals surface area (Å²) in [6, 6.07) is 11.8. The maximum absolute atomic E-state index is 11.0. The molecule has 2 aromatic rings. The molecule has 0 unspecified atom stereocenters. The zero-order valence-electron chi connectivity index (χ0n) is 8.92. The molecule has 1 radical (unpaired) electrons. The molecule has 0 saturated carbocycles. The van der Waals surface area contributed by atoms with Crippen LogP contribution in [0.2, 0.25) is 0 Å². The number of fused-ring (bicyclic) bond motifs is 1. The van der Waals surface area contributed by atoms with E-state index in [0.717, 1.165) is 5.39 Å². The summed E-state index contributed by atoms with van der Waals surface area (Å²) in [6.45, 7) is 0. The molecule has 0 spiro atoms. The molecule has 0 aliphatic heterocycles. The topological polar surface area (TPSA) is 89.4 Å². The Balaban J connectivity index is 0.00000112. The quantitative estimate of drug-likeness (QED) is 0.595. The minimum Gasteiger partial charge on any atom is -0.344 e. The van der Waals surface area contributed by atoms with Gasteiger partial charge in [0, 0.05) is 34.9 Å². The Morgan fingerprint density at radius 1 is 0.938 bits per heavy atom. The summed E-state index contributed by atoms with van der Waals surface area (Å²) in [5.41, 5.74) is 0. The molecule has 2 aromatic carbocycles. The van der Waals surface area contributed by atoms with E-state index in [4.69, 9.17) is 4.55 Å². The maximum Gasteiger partial charge on any atom is 0.295 e. The molecule has 6 heteroatoms. The standard InChI is InChI=1S/C10H8O3S.H3N.Na/c11-14(12,13)10-7-3-5-8-4-1-2-6-9(8)10;;/h1-7H,(H,11,12,13);1H3;. The number of rotatable bonds is 1. The van der Waals surface area contributed by atoms with Crippen molar-refractivity contribution in [3.63, 3.8) is 0 Å². The van der Waals surface area contributed by atoms with Crippen LogP contribution in [-0.4, -0.2) is 42.5 Å². The molecule has 0 aliphatic rings. The summed E-state index contributed by atoms with van der Waals surface area (Å²) >= 11 is 0. The molecule has 0 aliphatic carbocycles. The normalized spacial score (nSPS) is 10.3. The van der Waals surface area contributed by atoms with Gasteiger partial charge in [0.1, 0.15) is 4.90 Å². The van der Waals surface area contributed by atoms with E-state index < -0.39 is 10.1 Å². The van der Waals surface area contributed by atoms with Crippen LogP contribution in [0.15, 0.2) is 47.4 Å². The van der Waals surface area contributed by atoms with Crippen molar-refractivity contribution in [3.8, 4) is 0 Å². The van der Waals surface area contributed by atoms with Crippen LogP contribution >= 0.6 is 0 Å². The fraction of sp³-hybridized carbons (Fsp3) is 0. The van der Waals surface area contributed by atoms with E-state index in [1.165, 1.54) is 6.07 Å². The molecule has 0 amide bonds. The summed E-state index contributed by atoms with van der Waals surface area (Å²) in [5.74, 6) is 0. The first-order chi connectivity index (χ1) is 6.59. The van der Waals surface area contributed by atoms with Crippen molar-refractivity contribution in [2.45, 2.75) is 4.90 Å². The fourth-order valence-corrected chi connectivity index (χ4v) is 2.13. The van der Waals surface area contributed by atoms with E-state index in [0.29, 0.717) is 5.39 Å². The summed E-state index contributed by atoms with van der Waals surface area (Å²) in [7, 11) is -4.13. The predicted molar refractivity (Wildman–Crippen MR) is 64.5 cm³/mol. The number of hydrogen-bond acceptors (Lipinski definition) is 3. The van der Waals surface area contributed by atoms with Crippen LogP contribution < -0.4 is 6.15 Å². The molecule has 2 rings (SSSR count). The maximum atomic E-state index is 11.0. The molecule has 4 N–H and O–H groups in total. The molecule has 4 nitrogen and oxygen atoms in total. The van der Waals surface area contributed by atoms with Gasteiger partial charge in [-0.05, 0) is 11.5 Å². The van der Waals surface area contributed by atoms with Crippen LogP contribution in [0.25, 0.3) is 10.8 Å². The van der Waals surface area contributed by atoms with Gasteiger partial charge in [-0.1, -0.05) is 36.4 Å². The molecule has 16 heavy (non-hydrogen) atoms. The van der Waals surface area contributed by atoms with Crippen molar-refractivity contribution in [2.24, 2.45) is 0 Å². The van der Waals surface area contributed by atoms with E-state index >= 15 is 0 Å². The Morgan fingerprint density at radius 2 is 1.50 bits per heavy atom. The van der Waals surface area contributed by atoms with Crippen LogP contribution in [0, 0.1) is 0 Å². The van der Waals surface area contributed by atoms with E-state index in [1.807, 2.05) is 6.07 Å². The molecule has 81 valence electrons. The number of hydrogen-bond donors (Lipinski definition) is 2. The van der Waals surface area contributed by atoms with Gasteiger partial charge in [-0.2, -0.15) is 8.42 Å². The van der Waals surface area contributed by atoms with Crippen LogP contribution in [-0.2, 0) is 10.1 Å². The predicted octanol–water partition coefficient (Wildman–Crippen LogP) is 1.87. The van der Waals surface area contributed by atoms with Crippen molar-refractivity contribution in [1.29, 1.82) is 0 Å². The van der Waals surface area contributed by atoms with Gasteiger partial charge in [-0.15, -0.1) is 0 Å².